The van der Waals surface area contributed by atoms with Gasteiger partial charge in [-0.3, -0.25) is 9.59 Å². The van der Waals surface area contributed by atoms with Crippen molar-refractivity contribution in [1.29, 1.82) is 0 Å². The van der Waals surface area contributed by atoms with Crippen molar-refractivity contribution in [2.24, 2.45) is 0 Å². The largest absolute Gasteiger partial charge is 0.462 e. The summed E-state index contributed by atoms with van der Waals surface area (Å²) in [7, 11) is 0. The van der Waals surface area contributed by atoms with Gasteiger partial charge in [0.25, 0.3) is 11.7 Å². The highest BCUT2D eigenvalue weighted by atomic mass is 35.5. The number of H-pyrrole nitrogens is 1. The van der Waals surface area contributed by atoms with E-state index in [-0.39, 0.29) is 12.2 Å². The summed E-state index contributed by atoms with van der Waals surface area (Å²) in [5.41, 5.74) is 1.70. The summed E-state index contributed by atoms with van der Waals surface area (Å²) in [6.07, 6.45) is 1.48. The van der Waals surface area contributed by atoms with Crippen LogP contribution in [0.5, 0.6) is 0 Å². The number of benzene rings is 2. The fourth-order valence-electron chi connectivity index (χ4n) is 2.50. The molecule has 1 aromatic heterocycles. The molecule has 132 valence electrons. The summed E-state index contributed by atoms with van der Waals surface area (Å²) in [6, 6.07) is 11.1. The minimum atomic E-state index is -0.773. The van der Waals surface area contributed by atoms with Crippen molar-refractivity contribution in [2.75, 3.05) is 11.9 Å². The molecule has 0 aliphatic heterocycles. The third-order valence-corrected chi connectivity index (χ3v) is 3.98. The Morgan fingerprint density at radius 2 is 1.85 bits per heavy atom. The van der Waals surface area contributed by atoms with Gasteiger partial charge in [-0.25, -0.2) is 4.79 Å². The average molecular weight is 371 g/mol. The number of hydrogen-bond acceptors (Lipinski definition) is 4. The SMILES string of the molecule is CCOC(=O)c1ccc(NC(=O)C(=O)c2c[nH]c3cc(Cl)ccc23)cc1. The number of ether oxygens (including phenoxy) is 1. The molecule has 0 bridgehead atoms. The van der Waals surface area contributed by atoms with Gasteiger partial charge in [-0.15, -0.1) is 0 Å². The summed E-state index contributed by atoms with van der Waals surface area (Å²) < 4.78 is 4.89. The molecule has 0 unspecified atom stereocenters. The zero-order chi connectivity index (χ0) is 18.7. The molecule has 0 spiro atoms. The number of ketones is 1. The Morgan fingerprint density at radius 1 is 1.12 bits per heavy atom. The molecule has 0 saturated heterocycles. The van der Waals surface area contributed by atoms with Crippen LogP contribution in [0.4, 0.5) is 5.69 Å². The number of anilines is 1. The monoisotopic (exact) mass is 370 g/mol. The molecular formula is C19H15ClN2O4. The maximum atomic E-state index is 12.4. The minimum absolute atomic E-state index is 0.261. The number of aromatic nitrogens is 1. The van der Waals surface area contributed by atoms with Gasteiger partial charge in [0.2, 0.25) is 0 Å². The highest BCUT2D eigenvalue weighted by Crippen LogP contribution is 2.23. The van der Waals surface area contributed by atoms with Gasteiger partial charge in [-0.1, -0.05) is 17.7 Å². The Hall–Kier alpha value is -3.12. The lowest BCUT2D eigenvalue weighted by molar-refractivity contribution is -0.112. The van der Waals surface area contributed by atoms with Crippen LogP contribution in [0, 0.1) is 0 Å². The summed E-state index contributed by atoms with van der Waals surface area (Å²) in [5, 5.41) is 3.67. The van der Waals surface area contributed by atoms with Crippen LogP contribution in [0.15, 0.2) is 48.7 Å². The Morgan fingerprint density at radius 3 is 2.54 bits per heavy atom. The smallest absolute Gasteiger partial charge is 0.338 e. The molecule has 0 radical (unpaired) electrons. The van der Waals surface area contributed by atoms with E-state index in [4.69, 9.17) is 16.3 Å². The fourth-order valence-corrected chi connectivity index (χ4v) is 2.67. The van der Waals surface area contributed by atoms with Crippen LogP contribution in [0.1, 0.15) is 27.6 Å². The second-order valence-corrected chi connectivity index (χ2v) is 5.91. The summed E-state index contributed by atoms with van der Waals surface area (Å²) in [6.45, 7) is 2.00. The first-order valence-electron chi connectivity index (χ1n) is 7.89. The van der Waals surface area contributed by atoms with Crippen molar-refractivity contribution in [3.05, 3.63) is 64.8 Å². The highest BCUT2D eigenvalue weighted by molar-refractivity contribution is 6.48. The normalized spacial score (nSPS) is 10.5. The average Bonchev–Trinajstić information content (AvgIpc) is 3.04. The lowest BCUT2D eigenvalue weighted by Gasteiger charge is -2.06. The van der Waals surface area contributed by atoms with Crippen molar-refractivity contribution >= 4 is 45.9 Å². The minimum Gasteiger partial charge on any atom is -0.462 e. The summed E-state index contributed by atoms with van der Waals surface area (Å²) in [5.74, 6) is -1.89. The van der Waals surface area contributed by atoms with Crippen molar-refractivity contribution < 1.29 is 19.1 Å². The molecule has 26 heavy (non-hydrogen) atoms. The maximum Gasteiger partial charge on any atom is 0.338 e. The van der Waals surface area contributed by atoms with E-state index in [1.165, 1.54) is 30.5 Å². The molecule has 0 aliphatic carbocycles. The predicted octanol–water partition coefficient (Wildman–Crippen LogP) is 3.82. The molecule has 1 heterocycles. The number of hydrogen-bond donors (Lipinski definition) is 2. The summed E-state index contributed by atoms with van der Waals surface area (Å²) >= 11 is 5.91. The molecule has 1 amide bonds. The molecule has 3 aromatic rings. The number of esters is 1. The van der Waals surface area contributed by atoms with Gasteiger partial charge in [-0.2, -0.15) is 0 Å². The first-order valence-corrected chi connectivity index (χ1v) is 8.27. The van der Waals surface area contributed by atoms with E-state index in [9.17, 15) is 14.4 Å². The molecule has 0 fully saturated rings. The number of fused-ring (bicyclic) bond motifs is 1. The topological polar surface area (TPSA) is 88.3 Å². The Kier molecular flexibility index (Phi) is 5.04. The number of aromatic amines is 1. The predicted molar refractivity (Wildman–Crippen MR) is 98.7 cm³/mol. The van der Waals surface area contributed by atoms with Gasteiger partial charge in [0.15, 0.2) is 0 Å². The second-order valence-electron chi connectivity index (χ2n) is 5.47. The lowest BCUT2D eigenvalue weighted by atomic mass is 10.1. The molecule has 6 nitrogen and oxygen atoms in total. The number of rotatable bonds is 5. The number of carbonyl (C=O) groups is 3. The van der Waals surface area contributed by atoms with E-state index in [1.54, 1.807) is 25.1 Å². The fraction of sp³-hybridized carbons (Fsp3) is 0.105. The van der Waals surface area contributed by atoms with E-state index < -0.39 is 17.7 Å². The summed E-state index contributed by atoms with van der Waals surface area (Å²) in [4.78, 5) is 39.2. The van der Waals surface area contributed by atoms with E-state index in [1.807, 2.05) is 0 Å². The Balaban J connectivity index is 1.74. The quantitative estimate of drug-likeness (QED) is 0.406. The number of halogens is 1. The van der Waals surface area contributed by atoms with Gasteiger partial charge in [0.05, 0.1) is 17.7 Å². The van der Waals surface area contributed by atoms with Crippen molar-refractivity contribution in [1.82, 2.24) is 4.98 Å². The van der Waals surface area contributed by atoms with Crippen LogP contribution in [0.2, 0.25) is 5.02 Å². The van der Waals surface area contributed by atoms with Gasteiger partial charge in [0.1, 0.15) is 0 Å². The standard InChI is InChI=1S/C19H15ClN2O4/c1-2-26-19(25)11-3-6-13(7-4-11)22-18(24)17(23)15-10-21-16-9-12(20)5-8-14(15)16/h3-10,21H,2H2,1H3,(H,22,24). The van der Waals surface area contributed by atoms with E-state index >= 15 is 0 Å². The Labute approximate surface area is 154 Å². The van der Waals surface area contributed by atoms with E-state index in [0.717, 1.165) is 0 Å². The van der Waals surface area contributed by atoms with Crippen molar-refractivity contribution in [2.45, 2.75) is 6.92 Å². The van der Waals surface area contributed by atoms with Crippen LogP contribution in [-0.2, 0) is 9.53 Å². The van der Waals surface area contributed by atoms with E-state index in [2.05, 4.69) is 10.3 Å². The number of amides is 1. The Bertz CT molecular complexity index is 992. The van der Waals surface area contributed by atoms with Crippen LogP contribution in [-0.4, -0.2) is 29.3 Å². The molecule has 3 rings (SSSR count). The van der Waals surface area contributed by atoms with Crippen LogP contribution in [0.25, 0.3) is 10.9 Å². The first kappa shape index (κ1) is 17.7. The molecular weight excluding hydrogens is 356 g/mol. The van der Waals surface area contributed by atoms with Crippen molar-refractivity contribution in [3.8, 4) is 0 Å². The van der Waals surface area contributed by atoms with Gasteiger partial charge in [0, 0.05) is 27.8 Å². The molecule has 0 saturated carbocycles. The molecule has 0 atom stereocenters. The third-order valence-electron chi connectivity index (χ3n) is 3.75. The van der Waals surface area contributed by atoms with Crippen LogP contribution < -0.4 is 5.32 Å². The highest BCUT2D eigenvalue weighted by Gasteiger charge is 2.20. The molecule has 2 aromatic carbocycles. The van der Waals surface area contributed by atoms with Crippen LogP contribution >= 0.6 is 11.6 Å². The zero-order valence-corrected chi connectivity index (χ0v) is 14.6. The lowest BCUT2D eigenvalue weighted by Crippen LogP contribution is -2.22. The van der Waals surface area contributed by atoms with Crippen molar-refractivity contribution in [3.63, 3.8) is 0 Å². The van der Waals surface area contributed by atoms with Gasteiger partial charge >= 0.3 is 5.97 Å². The molecule has 7 heteroatoms. The number of nitrogens with one attached hydrogen (secondary N) is 2. The molecule has 0 aliphatic rings. The zero-order valence-electron chi connectivity index (χ0n) is 13.8. The maximum absolute atomic E-state index is 12.4. The molecule has 2 N–H and O–H groups in total. The second kappa shape index (κ2) is 7.41. The van der Waals surface area contributed by atoms with Gasteiger partial charge < -0.3 is 15.0 Å². The van der Waals surface area contributed by atoms with Crippen LogP contribution in [0.3, 0.4) is 0 Å². The van der Waals surface area contributed by atoms with Gasteiger partial charge in [-0.05, 0) is 43.3 Å². The first-order chi connectivity index (χ1) is 12.5. The number of Topliss-reactive ketones (excluding diaryl/α,β-unsaturated/α-hetero) is 1. The third kappa shape index (κ3) is 3.60. The van der Waals surface area contributed by atoms with E-state index in [0.29, 0.717) is 27.2 Å². The number of carbonyl (C=O) groups excluding carboxylic acids is 3.